The maximum Gasteiger partial charge on any atom is 0.328 e. The van der Waals surface area contributed by atoms with Crippen molar-refractivity contribution in [1.29, 1.82) is 0 Å². The van der Waals surface area contributed by atoms with E-state index in [4.69, 9.17) is 8.97 Å². The summed E-state index contributed by atoms with van der Waals surface area (Å²) < 4.78 is 34.5. The predicted molar refractivity (Wildman–Crippen MR) is 51.6 cm³/mol. The van der Waals surface area contributed by atoms with Crippen molar-refractivity contribution in [2.45, 2.75) is 5.09 Å². The Kier molecular flexibility index (Phi) is 3.28. The van der Waals surface area contributed by atoms with Crippen LogP contribution in [0, 0.1) is 0 Å². The first-order valence-electron chi connectivity index (χ1n) is 3.90. The molecule has 1 aromatic rings. The van der Waals surface area contributed by atoms with E-state index in [0.717, 1.165) is 6.07 Å². The van der Waals surface area contributed by atoms with Gasteiger partial charge in [-0.2, -0.15) is 8.42 Å². The van der Waals surface area contributed by atoms with Gasteiger partial charge >= 0.3 is 10.1 Å². The van der Waals surface area contributed by atoms with Gasteiger partial charge in [0.2, 0.25) is 11.0 Å². The summed E-state index contributed by atoms with van der Waals surface area (Å²) in [5, 5.41) is 1.78. The summed E-state index contributed by atoms with van der Waals surface area (Å²) in [5.74, 6) is -0.189. The molecule has 0 aromatic carbocycles. The highest BCUT2D eigenvalue weighted by molar-refractivity contribution is 7.85. The van der Waals surface area contributed by atoms with Gasteiger partial charge < -0.3 is 9.73 Å². The van der Waals surface area contributed by atoms with Crippen LogP contribution in [-0.4, -0.2) is 25.9 Å². The number of hydrogen-bond acceptors (Lipinski definition) is 4. The number of likely N-dealkylation sites (N-methyl/N-ethyl adjacent to an activating group) is 1. The van der Waals surface area contributed by atoms with Crippen LogP contribution >= 0.6 is 0 Å². The molecule has 1 heterocycles. The van der Waals surface area contributed by atoms with Crippen molar-refractivity contribution >= 4 is 22.1 Å². The average Bonchev–Trinajstić information content (AvgIpc) is 2.61. The topological polar surface area (TPSA) is 96.6 Å². The van der Waals surface area contributed by atoms with Crippen LogP contribution in [0.15, 0.2) is 27.7 Å². The fourth-order valence-electron chi connectivity index (χ4n) is 0.804. The zero-order chi connectivity index (χ0) is 11.5. The largest absolute Gasteiger partial charge is 0.443 e. The maximum atomic E-state index is 10.8. The van der Waals surface area contributed by atoms with E-state index in [1.165, 1.54) is 25.3 Å². The fourth-order valence-corrected chi connectivity index (χ4v) is 1.25. The van der Waals surface area contributed by atoms with Gasteiger partial charge in [0.1, 0.15) is 5.76 Å². The second-order valence-corrected chi connectivity index (χ2v) is 3.93. The lowest BCUT2D eigenvalue weighted by atomic mass is 10.4. The minimum atomic E-state index is -4.33. The van der Waals surface area contributed by atoms with E-state index >= 15 is 0 Å². The van der Waals surface area contributed by atoms with Gasteiger partial charge in [0.05, 0.1) is 0 Å². The second kappa shape index (κ2) is 4.28. The highest BCUT2D eigenvalue weighted by Crippen LogP contribution is 2.14. The molecule has 15 heavy (non-hydrogen) atoms. The van der Waals surface area contributed by atoms with E-state index in [1.54, 1.807) is 0 Å². The summed E-state index contributed by atoms with van der Waals surface area (Å²) >= 11 is 0. The molecule has 0 radical (unpaired) electrons. The fraction of sp³-hybridized carbons (Fsp3) is 0.125. The molecule has 0 fully saturated rings. The van der Waals surface area contributed by atoms with E-state index in [0.29, 0.717) is 0 Å². The second-order valence-electron chi connectivity index (χ2n) is 2.58. The molecule has 1 rings (SSSR count). The first-order chi connectivity index (χ1) is 6.93. The Morgan fingerprint density at radius 1 is 1.53 bits per heavy atom. The SMILES string of the molecule is CNC(=O)C=Cc1ccc(S(=O)(=O)O)o1. The first-order valence-corrected chi connectivity index (χ1v) is 5.34. The normalized spacial score (nSPS) is 11.9. The van der Waals surface area contributed by atoms with Crippen molar-refractivity contribution in [2.75, 3.05) is 7.05 Å². The van der Waals surface area contributed by atoms with Gasteiger partial charge in [-0.15, -0.1) is 0 Å². The molecule has 0 aliphatic carbocycles. The van der Waals surface area contributed by atoms with E-state index in [9.17, 15) is 13.2 Å². The quantitative estimate of drug-likeness (QED) is 0.575. The summed E-state index contributed by atoms with van der Waals surface area (Å²) in [6, 6.07) is 2.42. The highest BCUT2D eigenvalue weighted by Gasteiger charge is 2.13. The molecule has 0 atom stereocenters. The smallest absolute Gasteiger partial charge is 0.328 e. The van der Waals surface area contributed by atoms with Crippen molar-refractivity contribution in [3.05, 3.63) is 24.0 Å². The van der Waals surface area contributed by atoms with E-state index in [1.807, 2.05) is 0 Å². The van der Waals surface area contributed by atoms with Crippen LogP contribution in [0.4, 0.5) is 0 Å². The number of nitrogens with one attached hydrogen (secondary N) is 1. The zero-order valence-corrected chi connectivity index (χ0v) is 8.61. The van der Waals surface area contributed by atoms with E-state index < -0.39 is 15.2 Å². The molecule has 0 aliphatic heterocycles. The van der Waals surface area contributed by atoms with Crippen LogP contribution in [0.5, 0.6) is 0 Å². The zero-order valence-electron chi connectivity index (χ0n) is 7.80. The molecular weight excluding hydrogens is 222 g/mol. The third-order valence-electron chi connectivity index (χ3n) is 1.50. The van der Waals surface area contributed by atoms with Crippen molar-refractivity contribution in [3.63, 3.8) is 0 Å². The molecule has 1 amide bonds. The maximum absolute atomic E-state index is 10.8. The molecule has 2 N–H and O–H groups in total. The number of hydrogen-bond donors (Lipinski definition) is 2. The molecular formula is C8H9NO5S. The van der Waals surface area contributed by atoms with Crippen LogP contribution in [0.3, 0.4) is 0 Å². The summed E-state index contributed by atoms with van der Waals surface area (Å²) in [5.41, 5.74) is 0. The summed E-state index contributed by atoms with van der Waals surface area (Å²) in [6.45, 7) is 0. The summed E-state index contributed by atoms with van der Waals surface area (Å²) in [4.78, 5) is 10.8. The Labute approximate surface area is 86.3 Å². The third-order valence-corrected chi connectivity index (χ3v) is 2.23. The molecule has 0 saturated heterocycles. The van der Waals surface area contributed by atoms with Crippen LogP contribution in [0.1, 0.15) is 5.76 Å². The molecule has 0 saturated carbocycles. The van der Waals surface area contributed by atoms with Crippen molar-refractivity contribution in [1.82, 2.24) is 5.32 Å². The standard InChI is InChI=1S/C8H9NO5S/c1-9-7(10)4-2-6-3-5-8(14-6)15(11,12)13/h2-5H,1H3,(H,9,10)(H,11,12,13). The Balaban J connectivity index is 2.87. The Hall–Kier alpha value is -1.60. The number of carbonyl (C=O) groups excluding carboxylic acids is 1. The summed E-state index contributed by atoms with van der Waals surface area (Å²) in [7, 11) is -2.87. The average molecular weight is 231 g/mol. The van der Waals surface area contributed by atoms with Crippen LogP contribution in [0.2, 0.25) is 0 Å². The van der Waals surface area contributed by atoms with E-state index in [-0.39, 0.29) is 11.7 Å². The van der Waals surface area contributed by atoms with Gasteiger partial charge in [0.15, 0.2) is 0 Å². The lowest BCUT2D eigenvalue weighted by Gasteiger charge is -1.89. The molecule has 82 valence electrons. The molecule has 0 unspecified atom stereocenters. The number of amides is 1. The van der Waals surface area contributed by atoms with Gasteiger partial charge in [0.25, 0.3) is 0 Å². The minimum absolute atomic E-state index is 0.159. The van der Waals surface area contributed by atoms with Gasteiger partial charge in [0, 0.05) is 13.1 Å². The Morgan fingerprint density at radius 2 is 2.20 bits per heavy atom. The molecule has 0 bridgehead atoms. The van der Waals surface area contributed by atoms with Gasteiger partial charge in [-0.1, -0.05) is 0 Å². The minimum Gasteiger partial charge on any atom is -0.443 e. The Bertz CT molecular complexity index is 485. The van der Waals surface area contributed by atoms with E-state index in [2.05, 4.69) is 5.32 Å². The lowest BCUT2D eigenvalue weighted by molar-refractivity contribution is -0.115. The lowest BCUT2D eigenvalue weighted by Crippen LogP contribution is -2.13. The van der Waals surface area contributed by atoms with Gasteiger partial charge in [-0.25, -0.2) is 0 Å². The molecule has 0 spiro atoms. The van der Waals surface area contributed by atoms with Crippen molar-refractivity contribution in [3.8, 4) is 0 Å². The van der Waals surface area contributed by atoms with Crippen molar-refractivity contribution in [2.24, 2.45) is 0 Å². The molecule has 1 aromatic heterocycles. The van der Waals surface area contributed by atoms with Gasteiger partial charge in [-0.3, -0.25) is 9.35 Å². The van der Waals surface area contributed by atoms with Crippen LogP contribution in [0.25, 0.3) is 6.08 Å². The molecule has 6 nitrogen and oxygen atoms in total. The number of rotatable bonds is 3. The van der Waals surface area contributed by atoms with Crippen LogP contribution < -0.4 is 5.32 Å². The molecule has 0 aliphatic rings. The monoisotopic (exact) mass is 231 g/mol. The van der Waals surface area contributed by atoms with Gasteiger partial charge in [-0.05, 0) is 18.2 Å². The first kappa shape index (κ1) is 11.5. The number of furan rings is 1. The number of carbonyl (C=O) groups is 1. The van der Waals surface area contributed by atoms with Crippen molar-refractivity contribution < 1.29 is 22.2 Å². The van der Waals surface area contributed by atoms with Crippen LogP contribution in [-0.2, 0) is 14.9 Å². The third kappa shape index (κ3) is 3.22. The summed E-state index contributed by atoms with van der Waals surface area (Å²) in [6.07, 6.45) is 2.46. The highest BCUT2D eigenvalue weighted by atomic mass is 32.2. The predicted octanol–water partition coefficient (Wildman–Crippen LogP) is 0.286. The Morgan fingerprint density at radius 3 is 2.67 bits per heavy atom. The molecule has 7 heteroatoms.